The van der Waals surface area contributed by atoms with E-state index in [0.717, 1.165) is 12.8 Å². The lowest BCUT2D eigenvalue weighted by atomic mass is 9.95. The van der Waals surface area contributed by atoms with Crippen LogP contribution < -0.4 is 0 Å². The third-order valence-electron chi connectivity index (χ3n) is 2.19. The normalized spacial score (nSPS) is 15.7. The van der Waals surface area contributed by atoms with Gasteiger partial charge in [-0.2, -0.15) is 0 Å². The van der Waals surface area contributed by atoms with Gasteiger partial charge in [-0.3, -0.25) is 0 Å². The molecular weight excluding hydrogens is 152 g/mol. The second-order valence-corrected chi connectivity index (χ2v) is 3.57. The number of rotatable bonds is 6. The Morgan fingerprint density at radius 3 is 2.42 bits per heavy atom. The Hall–Kier alpha value is -0.370. The molecule has 0 aromatic carbocycles. The van der Waals surface area contributed by atoms with E-state index in [-0.39, 0.29) is 11.9 Å². The van der Waals surface area contributed by atoms with E-state index in [1.165, 1.54) is 0 Å². The fraction of sp³-hybridized carbons (Fsp3) is 0.900. The number of hydrogen-bond acceptors (Lipinski definition) is 2. The molecule has 12 heavy (non-hydrogen) atoms. The van der Waals surface area contributed by atoms with Gasteiger partial charge in [-0.1, -0.05) is 20.3 Å². The van der Waals surface area contributed by atoms with Gasteiger partial charge in [0.25, 0.3) is 0 Å². The number of ketones is 1. The Labute approximate surface area is 75.0 Å². The van der Waals surface area contributed by atoms with E-state index in [1.54, 1.807) is 6.92 Å². The van der Waals surface area contributed by atoms with Crippen molar-refractivity contribution >= 4 is 5.78 Å². The SMILES string of the molecule is CCCC(C)C(O)CCC(C)=O. The van der Waals surface area contributed by atoms with Crippen molar-refractivity contribution in [2.24, 2.45) is 5.92 Å². The lowest BCUT2D eigenvalue weighted by molar-refractivity contribution is -0.117. The Morgan fingerprint density at radius 2 is 2.00 bits per heavy atom. The minimum Gasteiger partial charge on any atom is -0.393 e. The molecule has 0 heterocycles. The van der Waals surface area contributed by atoms with Crippen LogP contribution in [-0.2, 0) is 4.79 Å². The maximum atomic E-state index is 10.6. The average Bonchev–Trinajstić information content (AvgIpc) is 2.00. The van der Waals surface area contributed by atoms with Crippen LogP contribution in [0, 0.1) is 5.92 Å². The van der Waals surface area contributed by atoms with Gasteiger partial charge < -0.3 is 9.90 Å². The van der Waals surface area contributed by atoms with Gasteiger partial charge in [-0.05, 0) is 25.7 Å². The van der Waals surface area contributed by atoms with Crippen LogP contribution in [0.25, 0.3) is 0 Å². The summed E-state index contributed by atoms with van der Waals surface area (Å²) in [5.41, 5.74) is 0. The number of aliphatic hydroxyl groups excluding tert-OH is 1. The molecule has 2 unspecified atom stereocenters. The number of hydrogen-bond donors (Lipinski definition) is 1. The van der Waals surface area contributed by atoms with Crippen LogP contribution in [-0.4, -0.2) is 17.0 Å². The van der Waals surface area contributed by atoms with Crippen LogP contribution in [0.5, 0.6) is 0 Å². The molecule has 2 heteroatoms. The fourth-order valence-corrected chi connectivity index (χ4v) is 1.28. The summed E-state index contributed by atoms with van der Waals surface area (Å²) in [6.45, 7) is 5.71. The van der Waals surface area contributed by atoms with E-state index in [9.17, 15) is 9.90 Å². The Kier molecular flexibility index (Phi) is 5.99. The molecule has 0 saturated carbocycles. The van der Waals surface area contributed by atoms with Crippen molar-refractivity contribution in [3.05, 3.63) is 0 Å². The van der Waals surface area contributed by atoms with Crippen molar-refractivity contribution in [2.45, 2.75) is 52.6 Å². The van der Waals surface area contributed by atoms with Gasteiger partial charge in [0, 0.05) is 6.42 Å². The molecule has 1 N–H and O–H groups in total. The molecule has 0 rings (SSSR count). The fourth-order valence-electron chi connectivity index (χ4n) is 1.28. The van der Waals surface area contributed by atoms with Crippen LogP contribution in [0.4, 0.5) is 0 Å². The first kappa shape index (κ1) is 11.6. The number of carbonyl (C=O) groups is 1. The van der Waals surface area contributed by atoms with Crippen molar-refractivity contribution in [3.63, 3.8) is 0 Å². The molecule has 2 atom stereocenters. The van der Waals surface area contributed by atoms with Crippen molar-refractivity contribution in [3.8, 4) is 0 Å². The monoisotopic (exact) mass is 172 g/mol. The van der Waals surface area contributed by atoms with E-state index in [0.29, 0.717) is 18.8 Å². The summed E-state index contributed by atoms with van der Waals surface area (Å²) in [5, 5.41) is 9.55. The molecule has 0 aliphatic carbocycles. The van der Waals surface area contributed by atoms with Gasteiger partial charge >= 0.3 is 0 Å². The highest BCUT2D eigenvalue weighted by Crippen LogP contribution is 2.14. The number of carbonyl (C=O) groups excluding carboxylic acids is 1. The smallest absolute Gasteiger partial charge is 0.129 e. The number of aliphatic hydroxyl groups is 1. The van der Waals surface area contributed by atoms with Crippen LogP contribution in [0.3, 0.4) is 0 Å². The van der Waals surface area contributed by atoms with Crippen molar-refractivity contribution in [1.82, 2.24) is 0 Å². The van der Waals surface area contributed by atoms with Crippen LogP contribution in [0.1, 0.15) is 46.5 Å². The molecule has 0 aromatic heterocycles. The highest BCUT2D eigenvalue weighted by molar-refractivity contribution is 5.75. The standard InChI is InChI=1S/C10H20O2/c1-4-5-8(2)10(12)7-6-9(3)11/h8,10,12H,4-7H2,1-3H3. The Bertz CT molecular complexity index is 132. The summed E-state index contributed by atoms with van der Waals surface area (Å²) in [4.78, 5) is 10.6. The molecule has 2 nitrogen and oxygen atoms in total. The van der Waals surface area contributed by atoms with Gasteiger partial charge in [0.15, 0.2) is 0 Å². The summed E-state index contributed by atoms with van der Waals surface area (Å²) < 4.78 is 0. The molecule has 0 aliphatic rings. The zero-order chi connectivity index (χ0) is 9.56. The molecule has 0 amide bonds. The first-order valence-electron chi connectivity index (χ1n) is 4.75. The van der Waals surface area contributed by atoms with Crippen molar-refractivity contribution < 1.29 is 9.90 Å². The highest BCUT2D eigenvalue weighted by Gasteiger charge is 2.13. The molecular formula is C10H20O2. The summed E-state index contributed by atoms with van der Waals surface area (Å²) in [6.07, 6.45) is 2.97. The average molecular weight is 172 g/mol. The minimum absolute atomic E-state index is 0.165. The quantitative estimate of drug-likeness (QED) is 0.666. The molecule has 0 aromatic rings. The minimum atomic E-state index is -0.297. The predicted octanol–water partition coefficient (Wildman–Crippen LogP) is 2.15. The lowest BCUT2D eigenvalue weighted by Crippen LogP contribution is -2.18. The van der Waals surface area contributed by atoms with Gasteiger partial charge in [-0.25, -0.2) is 0 Å². The van der Waals surface area contributed by atoms with Crippen LogP contribution in [0.15, 0.2) is 0 Å². The lowest BCUT2D eigenvalue weighted by Gasteiger charge is -2.17. The van der Waals surface area contributed by atoms with Gasteiger partial charge in [-0.15, -0.1) is 0 Å². The van der Waals surface area contributed by atoms with E-state index in [1.807, 2.05) is 6.92 Å². The van der Waals surface area contributed by atoms with Crippen LogP contribution >= 0.6 is 0 Å². The van der Waals surface area contributed by atoms with E-state index in [4.69, 9.17) is 0 Å². The molecule has 0 saturated heterocycles. The summed E-state index contributed by atoms with van der Waals surface area (Å²) >= 11 is 0. The maximum Gasteiger partial charge on any atom is 0.129 e. The molecule has 72 valence electrons. The summed E-state index contributed by atoms with van der Waals surface area (Å²) in [5.74, 6) is 0.493. The number of Topliss-reactive ketones (excluding diaryl/α,β-unsaturated/α-hetero) is 1. The van der Waals surface area contributed by atoms with Gasteiger partial charge in [0.1, 0.15) is 5.78 Å². The molecule has 0 fully saturated rings. The van der Waals surface area contributed by atoms with Gasteiger partial charge in [0.05, 0.1) is 6.10 Å². The largest absolute Gasteiger partial charge is 0.393 e. The predicted molar refractivity (Wildman–Crippen MR) is 50.0 cm³/mol. The highest BCUT2D eigenvalue weighted by atomic mass is 16.3. The van der Waals surface area contributed by atoms with Crippen molar-refractivity contribution in [1.29, 1.82) is 0 Å². The molecule has 0 spiro atoms. The van der Waals surface area contributed by atoms with Gasteiger partial charge in [0.2, 0.25) is 0 Å². The van der Waals surface area contributed by atoms with E-state index < -0.39 is 0 Å². The maximum absolute atomic E-state index is 10.6. The van der Waals surface area contributed by atoms with Crippen LogP contribution in [0.2, 0.25) is 0 Å². The Morgan fingerprint density at radius 1 is 1.42 bits per heavy atom. The third-order valence-corrected chi connectivity index (χ3v) is 2.19. The first-order chi connectivity index (χ1) is 5.57. The Balaban J connectivity index is 3.55. The second-order valence-electron chi connectivity index (χ2n) is 3.57. The second kappa shape index (κ2) is 6.18. The zero-order valence-electron chi connectivity index (χ0n) is 8.34. The summed E-state index contributed by atoms with van der Waals surface area (Å²) in [6, 6.07) is 0. The molecule has 0 radical (unpaired) electrons. The first-order valence-corrected chi connectivity index (χ1v) is 4.75. The third kappa shape index (κ3) is 5.30. The molecule has 0 bridgehead atoms. The summed E-state index contributed by atoms with van der Waals surface area (Å²) in [7, 11) is 0. The van der Waals surface area contributed by atoms with E-state index in [2.05, 4.69) is 6.92 Å². The zero-order valence-corrected chi connectivity index (χ0v) is 8.34. The molecule has 0 aliphatic heterocycles. The van der Waals surface area contributed by atoms with Crippen molar-refractivity contribution in [2.75, 3.05) is 0 Å². The topological polar surface area (TPSA) is 37.3 Å². The van der Waals surface area contributed by atoms with E-state index >= 15 is 0 Å².